The summed E-state index contributed by atoms with van der Waals surface area (Å²) in [5.41, 5.74) is 1.58. The number of rotatable bonds is 3. The van der Waals surface area contributed by atoms with Crippen LogP contribution >= 0.6 is 22.6 Å². The van der Waals surface area contributed by atoms with Crippen LogP contribution in [0.3, 0.4) is 0 Å². The molecule has 0 saturated carbocycles. The lowest BCUT2D eigenvalue weighted by Gasteiger charge is -2.15. The van der Waals surface area contributed by atoms with Crippen LogP contribution in [0.25, 0.3) is 6.08 Å². The molecule has 0 amide bonds. The van der Waals surface area contributed by atoms with Crippen LogP contribution in [0.2, 0.25) is 0 Å². The average Bonchev–Trinajstić information content (AvgIpc) is 2.17. The van der Waals surface area contributed by atoms with Crippen LogP contribution in [-0.2, 0) is 0 Å². The quantitative estimate of drug-likeness (QED) is 0.578. The van der Waals surface area contributed by atoms with Gasteiger partial charge < -0.3 is 0 Å². The summed E-state index contributed by atoms with van der Waals surface area (Å²) in [6, 6.07) is 10.4. The Morgan fingerprint density at radius 1 is 1.23 bits per heavy atom. The molecule has 1 aromatic carbocycles. The monoisotopic (exact) mass is 286 g/mol. The molecule has 0 radical (unpaired) electrons. The molecule has 0 heterocycles. The van der Waals surface area contributed by atoms with Crippen LogP contribution in [0, 0.1) is 5.41 Å². The van der Waals surface area contributed by atoms with Crippen molar-refractivity contribution in [2.24, 2.45) is 5.41 Å². The molecule has 0 N–H and O–H groups in total. The fraction of sp³-hybridized carbons (Fsp3) is 0.333. The zero-order valence-electron chi connectivity index (χ0n) is 8.13. The SMILES string of the molecule is CC(C)(C=Cc1ccccc1)CI. The number of benzene rings is 1. The van der Waals surface area contributed by atoms with E-state index in [0.717, 1.165) is 4.43 Å². The maximum atomic E-state index is 2.42. The number of hydrogen-bond acceptors (Lipinski definition) is 0. The topological polar surface area (TPSA) is 0 Å². The van der Waals surface area contributed by atoms with E-state index in [-0.39, 0.29) is 0 Å². The first-order valence-electron chi connectivity index (χ1n) is 4.44. The summed E-state index contributed by atoms with van der Waals surface area (Å²) in [6.45, 7) is 4.50. The highest BCUT2D eigenvalue weighted by Gasteiger charge is 2.10. The van der Waals surface area contributed by atoms with Crippen molar-refractivity contribution < 1.29 is 0 Å². The molecule has 70 valence electrons. The second kappa shape index (κ2) is 4.80. The maximum absolute atomic E-state index is 2.42. The Labute approximate surface area is 94.2 Å². The molecule has 0 spiro atoms. The lowest BCUT2D eigenvalue weighted by Crippen LogP contribution is -2.07. The summed E-state index contributed by atoms with van der Waals surface area (Å²) in [5.74, 6) is 0. The Balaban J connectivity index is 2.69. The van der Waals surface area contributed by atoms with Crippen LogP contribution in [-0.4, -0.2) is 4.43 Å². The van der Waals surface area contributed by atoms with Crippen molar-refractivity contribution in [1.82, 2.24) is 0 Å². The first-order chi connectivity index (χ1) is 6.14. The molecule has 0 bridgehead atoms. The second-order valence-electron chi connectivity index (χ2n) is 3.87. The van der Waals surface area contributed by atoms with Gasteiger partial charge in [0.2, 0.25) is 0 Å². The summed E-state index contributed by atoms with van der Waals surface area (Å²) >= 11 is 2.42. The maximum Gasteiger partial charge on any atom is 0.00814 e. The molecule has 1 rings (SSSR count). The van der Waals surface area contributed by atoms with Gasteiger partial charge in [-0.1, -0.05) is 78.9 Å². The number of halogens is 1. The molecule has 0 aliphatic heterocycles. The lowest BCUT2D eigenvalue weighted by atomic mass is 9.95. The van der Waals surface area contributed by atoms with E-state index in [4.69, 9.17) is 0 Å². The smallest absolute Gasteiger partial charge is 0.00814 e. The van der Waals surface area contributed by atoms with Crippen molar-refractivity contribution in [3.63, 3.8) is 0 Å². The van der Waals surface area contributed by atoms with E-state index in [9.17, 15) is 0 Å². The Bertz CT molecular complexity index is 272. The summed E-state index contributed by atoms with van der Waals surface area (Å²) in [4.78, 5) is 0. The largest absolute Gasteiger partial charge is 0.0855 e. The molecule has 0 atom stereocenters. The number of alkyl halides is 1. The Morgan fingerprint density at radius 2 is 1.85 bits per heavy atom. The Morgan fingerprint density at radius 3 is 2.38 bits per heavy atom. The predicted molar refractivity (Wildman–Crippen MR) is 68.1 cm³/mol. The van der Waals surface area contributed by atoms with E-state index >= 15 is 0 Å². The van der Waals surface area contributed by atoms with E-state index in [1.165, 1.54) is 5.56 Å². The highest BCUT2D eigenvalue weighted by Crippen LogP contribution is 2.21. The molecule has 0 aliphatic rings. The third-order valence-electron chi connectivity index (χ3n) is 1.87. The Hall–Kier alpha value is -0.310. The summed E-state index contributed by atoms with van der Waals surface area (Å²) in [5, 5.41) is 0. The molecule has 0 aromatic heterocycles. The molecule has 1 aromatic rings. The standard InChI is InChI=1S/C12H15I/c1-12(2,10-13)9-8-11-6-4-3-5-7-11/h3-9H,10H2,1-2H3. The van der Waals surface area contributed by atoms with Crippen LogP contribution in [0.15, 0.2) is 36.4 Å². The minimum absolute atomic E-state index is 0.302. The molecule has 0 saturated heterocycles. The van der Waals surface area contributed by atoms with Gasteiger partial charge in [0, 0.05) is 4.43 Å². The third kappa shape index (κ3) is 3.94. The van der Waals surface area contributed by atoms with Crippen molar-refractivity contribution in [1.29, 1.82) is 0 Å². The van der Waals surface area contributed by atoms with Gasteiger partial charge in [-0.3, -0.25) is 0 Å². The fourth-order valence-corrected chi connectivity index (χ4v) is 1.18. The van der Waals surface area contributed by atoms with E-state index in [2.05, 4.69) is 72.9 Å². The molecule has 0 fully saturated rings. The van der Waals surface area contributed by atoms with Crippen LogP contribution in [0.1, 0.15) is 19.4 Å². The zero-order valence-corrected chi connectivity index (χ0v) is 10.3. The molecule has 1 heteroatoms. The van der Waals surface area contributed by atoms with Crippen LogP contribution in [0.5, 0.6) is 0 Å². The van der Waals surface area contributed by atoms with Crippen molar-refractivity contribution in [2.75, 3.05) is 4.43 Å². The highest BCUT2D eigenvalue weighted by atomic mass is 127. The molecule has 0 aliphatic carbocycles. The van der Waals surface area contributed by atoms with Gasteiger partial charge in [-0.25, -0.2) is 0 Å². The summed E-state index contributed by atoms with van der Waals surface area (Å²) in [7, 11) is 0. The summed E-state index contributed by atoms with van der Waals surface area (Å²) in [6.07, 6.45) is 4.47. The third-order valence-corrected chi connectivity index (χ3v) is 3.84. The van der Waals surface area contributed by atoms with E-state index < -0.39 is 0 Å². The van der Waals surface area contributed by atoms with Crippen LogP contribution < -0.4 is 0 Å². The highest BCUT2D eigenvalue weighted by molar-refractivity contribution is 14.1. The Kier molecular flexibility index (Phi) is 3.97. The number of allylic oxidation sites excluding steroid dienone is 1. The molecular formula is C12H15I. The van der Waals surface area contributed by atoms with Gasteiger partial charge in [-0.15, -0.1) is 0 Å². The molecular weight excluding hydrogens is 271 g/mol. The molecule has 0 unspecified atom stereocenters. The minimum atomic E-state index is 0.302. The van der Waals surface area contributed by atoms with Gasteiger partial charge in [0.15, 0.2) is 0 Å². The lowest BCUT2D eigenvalue weighted by molar-refractivity contribution is 0.569. The zero-order chi connectivity index (χ0) is 9.73. The van der Waals surface area contributed by atoms with Crippen molar-refractivity contribution in [3.8, 4) is 0 Å². The first kappa shape index (κ1) is 10.8. The molecule has 13 heavy (non-hydrogen) atoms. The molecule has 0 nitrogen and oxygen atoms in total. The first-order valence-corrected chi connectivity index (χ1v) is 5.97. The van der Waals surface area contributed by atoms with Crippen molar-refractivity contribution in [2.45, 2.75) is 13.8 Å². The van der Waals surface area contributed by atoms with Gasteiger partial charge in [-0.2, -0.15) is 0 Å². The van der Waals surface area contributed by atoms with E-state index in [0.29, 0.717) is 5.41 Å². The van der Waals surface area contributed by atoms with Gasteiger partial charge in [-0.05, 0) is 11.0 Å². The average molecular weight is 286 g/mol. The minimum Gasteiger partial charge on any atom is -0.0855 e. The van der Waals surface area contributed by atoms with Gasteiger partial charge in [0.25, 0.3) is 0 Å². The van der Waals surface area contributed by atoms with E-state index in [1.807, 2.05) is 6.07 Å². The van der Waals surface area contributed by atoms with Gasteiger partial charge >= 0.3 is 0 Å². The van der Waals surface area contributed by atoms with Gasteiger partial charge in [0.05, 0.1) is 0 Å². The normalized spacial score (nSPS) is 12.2. The second-order valence-corrected chi connectivity index (χ2v) is 4.63. The fourth-order valence-electron chi connectivity index (χ4n) is 0.931. The van der Waals surface area contributed by atoms with Crippen molar-refractivity contribution in [3.05, 3.63) is 42.0 Å². The number of hydrogen-bond donors (Lipinski definition) is 0. The van der Waals surface area contributed by atoms with Crippen LogP contribution in [0.4, 0.5) is 0 Å². The van der Waals surface area contributed by atoms with E-state index in [1.54, 1.807) is 0 Å². The van der Waals surface area contributed by atoms with Crippen molar-refractivity contribution >= 4 is 28.7 Å². The van der Waals surface area contributed by atoms with Gasteiger partial charge in [0.1, 0.15) is 0 Å². The summed E-state index contributed by atoms with van der Waals surface area (Å²) < 4.78 is 1.15. The predicted octanol–water partition coefficient (Wildman–Crippen LogP) is 4.16.